The number of carbonyl (C=O) groups excluding carboxylic acids is 1. The third-order valence-corrected chi connectivity index (χ3v) is 3.06. The van der Waals surface area contributed by atoms with Crippen LogP contribution in [0.5, 0.6) is 0 Å². The number of amides is 1. The largest absolute Gasteiger partial charge is 0.455 e. The summed E-state index contributed by atoms with van der Waals surface area (Å²) in [6, 6.07) is 3.26. The highest BCUT2D eigenvalue weighted by molar-refractivity contribution is 7.15. The molecule has 2 rings (SSSR count). The Kier molecular flexibility index (Phi) is 3.50. The normalized spacial score (nSPS) is 10.5. The summed E-state index contributed by atoms with van der Waals surface area (Å²) in [5, 5.41) is 11.7. The monoisotopic (exact) mass is 252 g/mol. The highest BCUT2D eigenvalue weighted by Crippen LogP contribution is 2.17. The summed E-state index contributed by atoms with van der Waals surface area (Å²) in [4.78, 5) is 11.7. The molecule has 2 heterocycles. The van der Waals surface area contributed by atoms with E-state index >= 15 is 0 Å². The van der Waals surface area contributed by atoms with Gasteiger partial charge in [0.2, 0.25) is 5.13 Å². The molecule has 0 fully saturated rings. The molecule has 1 amide bonds. The number of nitrogens with one attached hydrogen (secondary N) is 1. The van der Waals surface area contributed by atoms with Crippen molar-refractivity contribution in [2.75, 3.05) is 5.32 Å². The first kappa shape index (κ1) is 11.7. The fraction of sp³-hybridized carbons (Fsp3) is 0.300. The maximum Gasteiger partial charge on any atom is 0.293 e. The number of anilines is 1. The van der Waals surface area contributed by atoms with Gasteiger partial charge in [-0.05, 0) is 18.6 Å². The number of hydrogen-bond donors (Lipinski definition) is 2. The van der Waals surface area contributed by atoms with E-state index < -0.39 is 0 Å². The zero-order valence-corrected chi connectivity index (χ0v) is 10.1. The summed E-state index contributed by atoms with van der Waals surface area (Å²) in [5.41, 5.74) is 5.39. The van der Waals surface area contributed by atoms with Crippen molar-refractivity contribution in [2.24, 2.45) is 5.73 Å². The lowest BCUT2D eigenvalue weighted by Crippen LogP contribution is -2.10. The number of carbonyl (C=O) groups is 1. The number of aryl methyl sites for hydroxylation is 1. The smallest absolute Gasteiger partial charge is 0.293 e. The maximum atomic E-state index is 11.7. The minimum Gasteiger partial charge on any atom is -0.455 e. The average Bonchev–Trinajstić information content (AvgIpc) is 2.96. The van der Waals surface area contributed by atoms with E-state index in [1.807, 2.05) is 6.92 Å². The molecule has 0 aliphatic rings. The lowest BCUT2D eigenvalue weighted by molar-refractivity contribution is 0.0995. The molecule has 17 heavy (non-hydrogen) atoms. The summed E-state index contributed by atoms with van der Waals surface area (Å²) in [5.74, 6) is 0.448. The van der Waals surface area contributed by atoms with Gasteiger partial charge in [0.25, 0.3) is 5.91 Å². The molecule has 0 spiro atoms. The highest BCUT2D eigenvalue weighted by atomic mass is 32.1. The molecule has 0 unspecified atom stereocenters. The van der Waals surface area contributed by atoms with E-state index in [2.05, 4.69) is 15.5 Å². The van der Waals surface area contributed by atoms with Gasteiger partial charge in [-0.1, -0.05) is 18.3 Å². The van der Waals surface area contributed by atoms with Crippen LogP contribution in [-0.4, -0.2) is 16.1 Å². The molecule has 0 aliphatic heterocycles. The van der Waals surface area contributed by atoms with Crippen molar-refractivity contribution < 1.29 is 9.21 Å². The third kappa shape index (κ3) is 2.69. The molecule has 0 saturated heterocycles. The Labute approximate surface area is 102 Å². The average molecular weight is 252 g/mol. The number of hydrogen-bond acceptors (Lipinski definition) is 6. The lowest BCUT2D eigenvalue weighted by atomic mass is 10.4. The second-order valence-electron chi connectivity index (χ2n) is 3.28. The zero-order valence-electron chi connectivity index (χ0n) is 9.27. The summed E-state index contributed by atoms with van der Waals surface area (Å²) in [6.07, 6.45) is 0.797. The van der Waals surface area contributed by atoms with Gasteiger partial charge in [-0.3, -0.25) is 10.1 Å². The van der Waals surface area contributed by atoms with Gasteiger partial charge in [-0.25, -0.2) is 0 Å². The molecule has 0 atom stereocenters. The molecule has 0 aromatic carbocycles. The lowest BCUT2D eigenvalue weighted by Gasteiger charge is -1.96. The Hall–Kier alpha value is -1.73. The maximum absolute atomic E-state index is 11.7. The molecular weight excluding hydrogens is 240 g/mol. The molecule has 2 aromatic heterocycles. The molecule has 0 saturated carbocycles. The molecule has 0 aliphatic carbocycles. The zero-order chi connectivity index (χ0) is 12.3. The Morgan fingerprint density at radius 2 is 2.35 bits per heavy atom. The van der Waals surface area contributed by atoms with Crippen molar-refractivity contribution in [1.29, 1.82) is 0 Å². The van der Waals surface area contributed by atoms with Gasteiger partial charge in [-0.2, -0.15) is 0 Å². The van der Waals surface area contributed by atoms with Crippen LogP contribution in [0, 0.1) is 0 Å². The van der Waals surface area contributed by atoms with Gasteiger partial charge in [0.15, 0.2) is 5.76 Å². The predicted molar refractivity (Wildman–Crippen MR) is 63.8 cm³/mol. The van der Waals surface area contributed by atoms with Gasteiger partial charge < -0.3 is 10.2 Å². The van der Waals surface area contributed by atoms with Crippen LogP contribution in [0.3, 0.4) is 0 Å². The number of rotatable bonds is 4. The summed E-state index contributed by atoms with van der Waals surface area (Å²) in [7, 11) is 0. The molecule has 7 heteroatoms. The second kappa shape index (κ2) is 5.07. The van der Waals surface area contributed by atoms with E-state index in [0.29, 0.717) is 10.9 Å². The first-order valence-electron chi connectivity index (χ1n) is 5.15. The molecule has 6 nitrogen and oxygen atoms in total. The SMILES string of the molecule is CCc1nnc(NC(=O)c2ccc(CN)o2)s1. The van der Waals surface area contributed by atoms with E-state index in [9.17, 15) is 4.79 Å². The van der Waals surface area contributed by atoms with Crippen molar-refractivity contribution in [3.63, 3.8) is 0 Å². The van der Waals surface area contributed by atoms with Crippen molar-refractivity contribution in [3.8, 4) is 0 Å². The molecule has 90 valence electrons. The number of aromatic nitrogens is 2. The predicted octanol–water partition coefficient (Wildman–Crippen LogP) is 1.40. The highest BCUT2D eigenvalue weighted by Gasteiger charge is 2.13. The van der Waals surface area contributed by atoms with Gasteiger partial charge in [0.1, 0.15) is 10.8 Å². The van der Waals surface area contributed by atoms with Crippen molar-refractivity contribution in [1.82, 2.24) is 10.2 Å². The van der Waals surface area contributed by atoms with E-state index in [-0.39, 0.29) is 18.2 Å². The van der Waals surface area contributed by atoms with Crippen molar-refractivity contribution in [2.45, 2.75) is 19.9 Å². The van der Waals surface area contributed by atoms with Gasteiger partial charge in [0.05, 0.1) is 6.54 Å². The summed E-state index contributed by atoms with van der Waals surface area (Å²) < 4.78 is 5.22. The Balaban J connectivity index is 2.05. The molecule has 0 radical (unpaired) electrons. The Bertz CT molecular complexity index is 520. The van der Waals surface area contributed by atoms with E-state index in [0.717, 1.165) is 11.4 Å². The minimum absolute atomic E-state index is 0.221. The Morgan fingerprint density at radius 3 is 2.94 bits per heavy atom. The van der Waals surface area contributed by atoms with Crippen LogP contribution in [0.25, 0.3) is 0 Å². The fourth-order valence-corrected chi connectivity index (χ4v) is 1.89. The molecule has 3 N–H and O–H groups in total. The van der Waals surface area contributed by atoms with E-state index in [4.69, 9.17) is 10.2 Å². The first-order valence-corrected chi connectivity index (χ1v) is 5.97. The van der Waals surface area contributed by atoms with Crippen LogP contribution < -0.4 is 11.1 Å². The van der Waals surface area contributed by atoms with Gasteiger partial charge >= 0.3 is 0 Å². The fourth-order valence-electron chi connectivity index (χ4n) is 1.22. The van der Waals surface area contributed by atoms with Crippen LogP contribution in [0.2, 0.25) is 0 Å². The van der Waals surface area contributed by atoms with Crippen LogP contribution in [0.4, 0.5) is 5.13 Å². The van der Waals surface area contributed by atoms with E-state index in [1.165, 1.54) is 11.3 Å². The van der Waals surface area contributed by atoms with Crippen molar-refractivity contribution >= 4 is 22.4 Å². The number of nitrogens with zero attached hydrogens (tertiary/aromatic N) is 2. The van der Waals surface area contributed by atoms with Crippen LogP contribution >= 0.6 is 11.3 Å². The van der Waals surface area contributed by atoms with Gasteiger partial charge in [-0.15, -0.1) is 10.2 Å². The van der Waals surface area contributed by atoms with E-state index in [1.54, 1.807) is 12.1 Å². The quantitative estimate of drug-likeness (QED) is 0.857. The topological polar surface area (TPSA) is 94.0 Å². The van der Waals surface area contributed by atoms with Crippen LogP contribution in [-0.2, 0) is 13.0 Å². The molecular formula is C10H12N4O2S. The van der Waals surface area contributed by atoms with Crippen LogP contribution in [0.15, 0.2) is 16.5 Å². The molecule has 0 bridgehead atoms. The number of furan rings is 1. The number of nitrogens with two attached hydrogens (primary N) is 1. The molecule has 2 aromatic rings. The Morgan fingerprint density at radius 1 is 1.53 bits per heavy atom. The van der Waals surface area contributed by atoms with Gasteiger partial charge in [0, 0.05) is 0 Å². The second-order valence-corrected chi connectivity index (χ2v) is 4.34. The third-order valence-electron chi connectivity index (χ3n) is 2.08. The summed E-state index contributed by atoms with van der Waals surface area (Å²) in [6.45, 7) is 2.25. The minimum atomic E-state index is -0.344. The first-order chi connectivity index (χ1) is 8.22. The standard InChI is InChI=1S/C10H12N4O2S/c1-2-8-13-14-10(17-8)12-9(15)7-4-3-6(5-11)16-7/h3-4H,2,5,11H2,1H3,(H,12,14,15). The van der Waals surface area contributed by atoms with Crippen molar-refractivity contribution in [3.05, 3.63) is 28.7 Å². The summed E-state index contributed by atoms with van der Waals surface area (Å²) >= 11 is 1.35. The van der Waals surface area contributed by atoms with Crippen LogP contribution in [0.1, 0.15) is 28.2 Å².